The quantitative estimate of drug-likeness (QED) is 0.862. The van der Waals surface area contributed by atoms with Crippen LogP contribution in [0.4, 0.5) is 0 Å². The van der Waals surface area contributed by atoms with Gasteiger partial charge in [0.05, 0.1) is 6.61 Å². The highest BCUT2D eigenvalue weighted by Gasteiger charge is 2.15. The van der Waals surface area contributed by atoms with Crippen LogP contribution in [0.1, 0.15) is 12.0 Å². The van der Waals surface area contributed by atoms with Gasteiger partial charge in [0, 0.05) is 31.7 Å². The van der Waals surface area contributed by atoms with E-state index >= 15 is 0 Å². The molecule has 19 heavy (non-hydrogen) atoms. The molecule has 1 N–H and O–H groups in total. The molecule has 2 heterocycles. The van der Waals surface area contributed by atoms with Crippen LogP contribution in [0.15, 0.2) is 12.1 Å². The van der Waals surface area contributed by atoms with Crippen LogP contribution in [0.5, 0.6) is 0 Å². The zero-order chi connectivity index (χ0) is 13.7. The van der Waals surface area contributed by atoms with Gasteiger partial charge in [-0.15, -0.1) is 0 Å². The molecule has 6 heteroatoms. The van der Waals surface area contributed by atoms with E-state index < -0.39 is 0 Å². The predicted molar refractivity (Wildman–Crippen MR) is 77.7 cm³/mol. The topological polar surface area (TPSA) is 39.6 Å². The first-order chi connectivity index (χ1) is 9.19. The van der Waals surface area contributed by atoms with Crippen molar-refractivity contribution in [3.63, 3.8) is 0 Å². The zero-order valence-corrected chi connectivity index (χ0v) is 12.4. The van der Waals surface area contributed by atoms with Crippen LogP contribution in [-0.2, 0) is 6.54 Å². The fourth-order valence-corrected chi connectivity index (χ4v) is 2.75. The number of pyridine rings is 1. The van der Waals surface area contributed by atoms with Crippen molar-refractivity contribution in [2.24, 2.45) is 0 Å². The molecule has 0 amide bonds. The van der Waals surface area contributed by atoms with E-state index in [0.717, 1.165) is 51.3 Å². The average molecular weight is 304 g/mol. The van der Waals surface area contributed by atoms with Gasteiger partial charge < -0.3 is 5.11 Å². The molecule has 4 nitrogen and oxygen atoms in total. The molecule has 1 aliphatic heterocycles. The fraction of sp³-hybridized carbons (Fsp3) is 0.615. The molecular weight excluding hydrogens is 285 g/mol. The maximum absolute atomic E-state index is 8.98. The van der Waals surface area contributed by atoms with E-state index in [2.05, 4.69) is 14.8 Å². The molecule has 1 fully saturated rings. The Bertz CT molecular complexity index is 417. The number of rotatable bonds is 4. The summed E-state index contributed by atoms with van der Waals surface area (Å²) in [5.74, 6) is 0. The van der Waals surface area contributed by atoms with Crippen molar-refractivity contribution in [1.82, 2.24) is 14.8 Å². The third-order valence-electron chi connectivity index (χ3n) is 3.38. The number of hydrogen-bond donors (Lipinski definition) is 1. The Hall–Kier alpha value is -0.390. The Labute approximate surface area is 123 Å². The second kappa shape index (κ2) is 7.41. The lowest BCUT2D eigenvalue weighted by atomic mass is 10.2. The summed E-state index contributed by atoms with van der Waals surface area (Å²) < 4.78 is 0. The van der Waals surface area contributed by atoms with Crippen LogP contribution < -0.4 is 0 Å². The van der Waals surface area contributed by atoms with Crippen molar-refractivity contribution in [3.8, 4) is 0 Å². The smallest absolute Gasteiger partial charge is 0.135 e. The van der Waals surface area contributed by atoms with Crippen molar-refractivity contribution >= 4 is 23.2 Å². The maximum Gasteiger partial charge on any atom is 0.135 e. The van der Waals surface area contributed by atoms with Crippen molar-refractivity contribution in [2.45, 2.75) is 13.0 Å². The van der Waals surface area contributed by atoms with Gasteiger partial charge in [-0.25, -0.2) is 4.98 Å². The van der Waals surface area contributed by atoms with Gasteiger partial charge in [0.2, 0.25) is 0 Å². The number of β-amino-alcohol motifs (C(OH)–C–C–N with tert-alkyl or cyclic N) is 1. The van der Waals surface area contributed by atoms with Gasteiger partial charge in [0.15, 0.2) is 0 Å². The number of nitrogens with zero attached hydrogens (tertiary/aromatic N) is 3. The fourth-order valence-electron chi connectivity index (χ4n) is 2.35. The second-order valence-corrected chi connectivity index (χ2v) is 5.52. The first-order valence-corrected chi connectivity index (χ1v) is 7.31. The van der Waals surface area contributed by atoms with Crippen LogP contribution in [-0.4, -0.2) is 59.2 Å². The van der Waals surface area contributed by atoms with E-state index in [1.165, 1.54) is 0 Å². The molecule has 1 aromatic rings. The minimum Gasteiger partial charge on any atom is -0.395 e. The first-order valence-electron chi connectivity index (χ1n) is 6.55. The number of aliphatic hydroxyl groups is 1. The number of aromatic nitrogens is 1. The van der Waals surface area contributed by atoms with Crippen molar-refractivity contribution in [1.29, 1.82) is 0 Å². The highest BCUT2D eigenvalue weighted by Crippen LogP contribution is 2.19. The minimum absolute atomic E-state index is 0.229. The van der Waals surface area contributed by atoms with Crippen LogP contribution in [0.3, 0.4) is 0 Å². The molecule has 0 saturated carbocycles. The van der Waals surface area contributed by atoms with Gasteiger partial charge in [-0.1, -0.05) is 29.3 Å². The average Bonchev–Trinajstić information content (AvgIpc) is 2.59. The van der Waals surface area contributed by atoms with Crippen LogP contribution >= 0.6 is 23.2 Å². The largest absolute Gasteiger partial charge is 0.395 e. The molecule has 0 spiro atoms. The standard InChI is InChI=1S/C13H19Cl2N3O/c14-12-3-2-11(13(15)16-12)10-18-5-1-4-17(6-7-18)8-9-19/h2-3,19H,1,4-10H2. The summed E-state index contributed by atoms with van der Waals surface area (Å²) in [7, 11) is 0. The van der Waals surface area contributed by atoms with E-state index in [1.54, 1.807) is 6.07 Å². The lowest BCUT2D eigenvalue weighted by molar-refractivity contribution is 0.196. The van der Waals surface area contributed by atoms with Gasteiger partial charge in [-0.2, -0.15) is 0 Å². The van der Waals surface area contributed by atoms with Gasteiger partial charge in [-0.3, -0.25) is 9.80 Å². The summed E-state index contributed by atoms with van der Waals surface area (Å²) in [6, 6.07) is 3.71. The Kier molecular flexibility index (Phi) is 5.85. The highest BCUT2D eigenvalue weighted by molar-refractivity contribution is 6.32. The van der Waals surface area contributed by atoms with Crippen LogP contribution in [0, 0.1) is 0 Å². The van der Waals surface area contributed by atoms with Gasteiger partial charge in [0.25, 0.3) is 0 Å². The molecule has 106 valence electrons. The van der Waals surface area contributed by atoms with Crippen LogP contribution in [0.25, 0.3) is 0 Å². The minimum atomic E-state index is 0.229. The molecule has 0 atom stereocenters. The summed E-state index contributed by atoms with van der Waals surface area (Å²) in [5.41, 5.74) is 1.02. The lowest BCUT2D eigenvalue weighted by Gasteiger charge is -2.21. The second-order valence-electron chi connectivity index (χ2n) is 4.78. The van der Waals surface area contributed by atoms with E-state index in [0.29, 0.717) is 10.3 Å². The Morgan fingerprint density at radius 3 is 2.58 bits per heavy atom. The molecule has 1 aliphatic rings. The predicted octanol–water partition coefficient (Wildman–Crippen LogP) is 1.89. The van der Waals surface area contributed by atoms with Gasteiger partial charge in [0.1, 0.15) is 10.3 Å². The Morgan fingerprint density at radius 1 is 1.11 bits per heavy atom. The van der Waals surface area contributed by atoms with E-state index in [1.807, 2.05) is 6.07 Å². The first kappa shape index (κ1) is 15.0. The summed E-state index contributed by atoms with van der Waals surface area (Å²) in [6.07, 6.45) is 1.11. The molecule has 1 saturated heterocycles. The molecule has 0 radical (unpaired) electrons. The summed E-state index contributed by atoms with van der Waals surface area (Å²) in [4.78, 5) is 8.73. The number of halogens is 2. The summed E-state index contributed by atoms with van der Waals surface area (Å²) in [5, 5.41) is 9.90. The molecule has 0 aromatic carbocycles. The zero-order valence-electron chi connectivity index (χ0n) is 10.9. The molecule has 1 aromatic heterocycles. The number of hydrogen-bond acceptors (Lipinski definition) is 4. The van der Waals surface area contributed by atoms with E-state index in [4.69, 9.17) is 28.3 Å². The summed E-state index contributed by atoms with van der Waals surface area (Å²) in [6.45, 7) is 5.85. The van der Waals surface area contributed by atoms with Crippen molar-refractivity contribution in [2.75, 3.05) is 39.3 Å². The highest BCUT2D eigenvalue weighted by atomic mass is 35.5. The molecule has 0 bridgehead atoms. The third-order valence-corrected chi connectivity index (χ3v) is 3.92. The lowest BCUT2D eigenvalue weighted by Crippen LogP contribution is -2.32. The third kappa shape index (κ3) is 4.58. The summed E-state index contributed by atoms with van der Waals surface area (Å²) >= 11 is 11.9. The Balaban J connectivity index is 1.92. The van der Waals surface area contributed by atoms with Gasteiger partial charge in [-0.05, 0) is 25.6 Å². The van der Waals surface area contributed by atoms with Crippen molar-refractivity contribution < 1.29 is 5.11 Å². The van der Waals surface area contributed by atoms with Crippen molar-refractivity contribution in [3.05, 3.63) is 28.0 Å². The molecule has 0 unspecified atom stereocenters. The SMILES string of the molecule is OCCN1CCCN(Cc2ccc(Cl)nc2Cl)CC1. The number of aliphatic hydroxyl groups excluding tert-OH is 1. The maximum atomic E-state index is 8.98. The molecular formula is C13H19Cl2N3O. The van der Waals surface area contributed by atoms with E-state index in [-0.39, 0.29) is 6.61 Å². The molecule has 2 rings (SSSR count). The Morgan fingerprint density at radius 2 is 1.84 bits per heavy atom. The van der Waals surface area contributed by atoms with Gasteiger partial charge >= 0.3 is 0 Å². The molecule has 0 aliphatic carbocycles. The van der Waals surface area contributed by atoms with E-state index in [9.17, 15) is 0 Å². The normalized spacial score (nSPS) is 18.5. The van der Waals surface area contributed by atoms with Crippen LogP contribution in [0.2, 0.25) is 10.3 Å². The monoisotopic (exact) mass is 303 g/mol.